The largest absolute Gasteiger partial charge is 0.461 e. The highest BCUT2D eigenvalue weighted by atomic mass is 16.5. The van der Waals surface area contributed by atoms with Crippen LogP contribution in [-0.2, 0) is 19.1 Å². The first kappa shape index (κ1) is 29.4. The van der Waals surface area contributed by atoms with Crippen LogP contribution in [0.4, 0.5) is 0 Å². The number of hydrogen-bond donors (Lipinski definition) is 0. The fourth-order valence-electron chi connectivity index (χ4n) is 3.19. The SMILES string of the molecule is CCOC(=O)C(=O)CC(=O)c1ccc(C)cn1.CCOC(=O)c1cc(-c2ccc(C)cn2)n(-c2ncccn2)n1. The van der Waals surface area contributed by atoms with Gasteiger partial charge in [-0.05, 0) is 57.0 Å². The zero-order chi connectivity index (χ0) is 29.1. The molecule has 4 rings (SSSR count). The third kappa shape index (κ3) is 7.93. The number of Topliss-reactive ketones (excluding diaryl/α,β-unsaturated/α-hetero) is 2. The second kappa shape index (κ2) is 14.1. The summed E-state index contributed by atoms with van der Waals surface area (Å²) in [6, 6.07) is 10.4. The molecule has 206 valence electrons. The summed E-state index contributed by atoms with van der Waals surface area (Å²) < 4.78 is 11.0. The molecular formula is C28H28N6O6. The second-order valence-electron chi connectivity index (χ2n) is 8.28. The van der Waals surface area contributed by atoms with Gasteiger partial charge < -0.3 is 9.47 Å². The lowest BCUT2D eigenvalue weighted by Gasteiger charge is -2.04. The minimum absolute atomic E-state index is 0.113. The number of esters is 2. The van der Waals surface area contributed by atoms with Crippen molar-refractivity contribution >= 4 is 23.5 Å². The molecule has 0 bridgehead atoms. The minimum Gasteiger partial charge on any atom is -0.461 e. The summed E-state index contributed by atoms with van der Waals surface area (Å²) in [5, 5.41) is 4.27. The maximum absolute atomic E-state index is 12.0. The van der Waals surface area contributed by atoms with Crippen LogP contribution in [0.1, 0.15) is 52.4 Å². The molecule has 40 heavy (non-hydrogen) atoms. The van der Waals surface area contributed by atoms with Crippen LogP contribution in [0.5, 0.6) is 0 Å². The van der Waals surface area contributed by atoms with Crippen LogP contribution < -0.4 is 0 Å². The molecule has 0 unspecified atom stereocenters. The summed E-state index contributed by atoms with van der Waals surface area (Å²) in [6.45, 7) is 7.53. The van der Waals surface area contributed by atoms with Gasteiger partial charge in [-0.2, -0.15) is 9.78 Å². The average molecular weight is 545 g/mol. The Hall–Kier alpha value is -5.13. The van der Waals surface area contributed by atoms with Crippen molar-refractivity contribution in [2.45, 2.75) is 34.1 Å². The number of hydrogen-bond acceptors (Lipinski definition) is 11. The number of ether oxygens (including phenoxy) is 2. The number of rotatable bonds is 9. The molecule has 0 saturated heterocycles. The smallest absolute Gasteiger partial charge is 0.375 e. The minimum atomic E-state index is -0.979. The monoisotopic (exact) mass is 544 g/mol. The molecule has 0 saturated carbocycles. The number of carbonyl (C=O) groups is 4. The molecule has 4 aromatic rings. The van der Waals surface area contributed by atoms with Gasteiger partial charge >= 0.3 is 11.9 Å². The lowest BCUT2D eigenvalue weighted by Crippen LogP contribution is -2.21. The van der Waals surface area contributed by atoms with Crippen LogP contribution in [-0.4, -0.2) is 66.4 Å². The summed E-state index contributed by atoms with van der Waals surface area (Å²) in [7, 11) is 0. The molecule has 0 N–H and O–H groups in total. The van der Waals surface area contributed by atoms with Crippen LogP contribution in [0.25, 0.3) is 17.3 Å². The fourth-order valence-corrected chi connectivity index (χ4v) is 3.19. The lowest BCUT2D eigenvalue weighted by atomic mass is 10.1. The molecule has 0 aliphatic rings. The highest BCUT2D eigenvalue weighted by molar-refractivity contribution is 6.38. The number of ketones is 2. The molecule has 12 nitrogen and oxygen atoms in total. The Balaban J connectivity index is 0.000000232. The summed E-state index contributed by atoms with van der Waals surface area (Å²) in [4.78, 5) is 62.5. The number of pyridine rings is 2. The van der Waals surface area contributed by atoms with Crippen LogP contribution in [0.3, 0.4) is 0 Å². The van der Waals surface area contributed by atoms with Gasteiger partial charge in [-0.25, -0.2) is 19.6 Å². The van der Waals surface area contributed by atoms with E-state index in [1.807, 2.05) is 26.0 Å². The molecular weight excluding hydrogens is 516 g/mol. The van der Waals surface area contributed by atoms with E-state index < -0.39 is 29.9 Å². The van der Waals surface area contributed by atoms with E-state index in [-0.39, 0.29) is 24.6 Å². The Morgan fingerprint density at radius 1 is 0.800 bits per heavy atom. The van der Waals surface area contributed by atoms with E-state index in [4.69, 9.17) is 4.74 Å². The first-order chi connectivity index (χ1) is 19.2. The van der Waals surface area contributed by atoms with Crippen molar-refractivity contribution in [2.75, 3.05) is 13.2 Å². The fraction of sp³-hybridized carbons (Fsp3) is 0.250. The molecule has 0 spiro atoms. The molecule has 0 radical (unpaired) electrons. The van der Waals surface area contributed by atoms with Gasteiger partial charge in [0, 0.05) is 30.9 Å². The van der Waals surface area contributed by atoms with Crippen LogP contribution in [0.15, 0.2) is 61.2 Å². The maximum atomic E-state index is 12.0. The first-order valence-corrected chi connectivity index (χ1v) is 12.4. The molecule has 0 atom stereocenters. The Morgan fingerprint density at radius 2 is 1.45 bits per heavy atom. The van der Waals surface area contributed by atoms with Gasteiger partial charge in [-0.3, -0.25) is 19.6 Å². The van der Waals surface area contributed by atoms with Gasteiger partial charge in [-0.15, -0.1) is 0 Å². The van der Waals surface area contributed by atoms with Crippen molar-refractivity contribution in [3.8, 4) is 17.3 Å². The molecule has 0 aliphatic carbocycles. The topological polar surface area (TPSA) is 156 Å². The van der Waals surface area contributed by atoms with Gasteiger partial charge in [0.05, 0.1) is 31.0 Å². The molecule has 0 fully saturated rings. The van der Waals surface area contributed by atoms with E-state index in [2.05, 4.69) is 29.8 Å². The number of aryl methyl sites for hydroxylation is 2. The van der Waals surface area contributed by atoms with Crippen molar-refractivity contribution < 1.29 is 28.7 Å². The summed E-state index contributed by atoms with van der Waals surface area (Å²) in [5.74, 6) is -2.44. The standard InChI is InChI=1S/C16H15N5O2.C12H13NO4/c1-3-23-15(22)13-9-14(12-6-5-11(2)10-19-12)21(20-13)16-17-7-4-8-18-16;1-3-17-12(16)11(15)6-10(14)9-5-4-8(2)7-13-9/h4-10H,3H2,1-2H3;4-5,7H,3,6H2,1-2H3. The van der Waals surface area contributed by atoms with Gasteiger partial charge in [-0.1, -0.05) is 12.1 Å². The van der Waals surface area contributed by atoms with Crippen molar-refractivity contribution in [1.29, 1.82) is 0 Å². The summed E-state index contributed by atoms with van der Waals surface area (Å²) >= 11 is 0. The van der Waals surface area contributed by atoms with E-state index in [0.29, 0.717) is 17.3 Å². The number of aromatic nitrogens is 6. The van der Waals surface area contributed by atoms with Crippen LogP contribution >= 0.6 is 0 Å². The number of nitrogens with zero attached hydrogens (tertiary/aromatic N) is 6. The van der Waals surface area contributed by atoms with Gasteiger partial charge in [0.15, 0.2) is 11.5 Å². The van der Waals surface area contributed by atoms with Crippen molar-refractivity contribution in [1.82, 2.24) is 29.7 Å². The molecule has 4 heterocycles. The predicted octanol–water partition coefficient (Wildman–Crippen LogP) is 3.30. The van der Waals surface area contributed by atoms with E-state index in [9.17, 15) is 19.2 Å². The lowest BCUT2D eigenvalue weighted by molar-refractivity contribution is -0.153. The highest BCUT2D eigenvalue weighted by Gasteiger charge is 2.21. The second-order valence-corrected chi connectivity index (χ2v) is 8.28. The van der Waals surface area contributed by atoms with E-state index >= 15 is 0 Å². The van der Waals surface area contributed by atoms with E-state index in [0.717, 1.165) is 11.1 Å². The molecule has 12 heteroatoms. The Morgan fingerprint density at radius 3 is 2.02 bits per heavy atom. The molecule has 4 aromatic heterocycles. The third-order valence-corrected chi connectivity index (χ3v) is 5.13. The summed E-state index contributed by atoms with van der Waals surface area (Å²) in [5.41, 5.74) is 3.62. The van der Waals surface area contributed by atoms with Gasteiger partial charge in [0.2, 0.25) is 5.78 Å². The summed E-state index contributed by atoms with van der Waals surface area (Å²) in [6.07, 6.45) is 6.00. The average Bonchev–Trinajstić information content (AvgIpc) is 3.41. The Bertz CT molecular complexity index is 1470. The number of carbonyl (C=O) groups excluding carboxylic acids is 4. The van der Waals surface area contributed by atoms with Crippen molar-refractivity contribution in [3.63, 3.8) is 0 Å². The van der Waals surface area contributed by atoms with E-state index in [1.165, 1.54) is 16.9 Å². The van der Waals surface area contributed by atoms with Crippen LogP contribution in [0, 0.1) is 13.8 Å². The molecule has 0 aliphatic heterocycles. The third-order valence-electron chi connectivity index (χ3n) is 5.13. The molecule has 0 aromatic carbocycles. The van der Waals surface area contributed by atoms with Crippen molar-refractivity contribution in [3.05, 3.63) is 83.7 Å². The van der Waals surface area contributed by atoms with Crippen molar-refractivity contribution in [2.24, 2.45) is 0 Å². The first-order valence-electron chi connectivity index (χ1n) is 12.4. The highest BCUT2D eigenvalue weighted by Crippen LogP contribution is 2.21. The van der Waals surface area contributed by atoms with Gasteiger partial charge in [0.1, 0.15) is 5.69 Å². The normalized spacial score (nSPS) is 10.2. The Kier molecular flexibility index (Phi) is 10.4. The quantitative estimate of drug-likeness (QED) is 0.132. The Labute approximate surface area is 230 Å². The molecule has 0 amide bonds. The van der Waals surface area contributed by atoms with E-state index in [1.54, 1.807) is 50.6 Å². The maximum Gasteiger partial charge on any atom is 0.375 e. The zero-order valence-corrected chi connectivity index (χ0v) is 22.5. The van der Waals surface area contributed by atoms with Crippen LogP contribution in [0.2, 0.25) is 0 Å². The predicted molar refractivity (Wildman–Crippen MR) is 143 cm³/mol. The zero-order valence-electron chi connectivity index (χ0n) is 22.5. The van der Waals surface area contributed by atoms with Gasteiger partial charge in [0.25, 0.3) is 5.95 Å².